The fourth-order valence-corrected chi connectivity index (χ4v) is 1.84. The molecule has 0 fully saturated rings. The fraction of sp³-hybridized carbons (Fsp3) is 0.364. The van der Waals surface area contributed by atoms with Crippen molar-refractivity contribution in [2.24, 2.45) is 0 Å². The van der Waals surface area contributed by atoms with Gasteiger partial charge in [-0.15, -0.1) is 0 Å². The van der Waals surface area contributed by atoms with Crippen molar-refractivity contribution in [3.8, 4) is 0 Å². The highest BCUT2D eigenvalue weighted by molar-refractivity contribution is 9.10. The lowest BCUT2D eigenvalue weighted by atomic mass is 10.1. The topological polar surface area (TPSA) is 26.3 Å². The van der Waals surface area contributed by atoms with Gasteiger partial charge in [0.1, 0.15) is 6.67 Å². The molecule has 1 aromatic rings. The van der Waals surface area contributed by atoms with Gasteiger partial charge < -0.3 is 4.74 Å². The standard InChI is InChI=1S/C11H12BrFO2/c1-15-11(14)5-4-9-3-2-8(7-13)6-10(9)12/h2-3,6H,4-5,7H2,1H3. The van der Waals surface area contributed by atoms with Gasteiger partial charge in [0.15, 0.2) is 0 Å². The summed E-state index contributed by atoms with van der Waals surface area (Å²) in [5.74, 6) is -0.239. The van der Waals surface area contributed by atoms with E-state index < -0.39 is 6.67 Å². The minimum atomic E-state index is -0.476. The van der Waals surface area contributed by atoms with Crippen molar-refractivity contribution in [2.45, 2.75) is 19.5 Å². The summed E-state index contributed by atoms with van der Waals surface area (Å²) in [5.41, 5.74) is 1.61. The van der Waals surface area contributed by atoms with Gasteiger partial charge in [-0.05, 0) is 23.6 Å². The van der Waals surface area contributed by atoms with Crippen LogP contribution in [0.15, 0.2) is 22.7 Å². The molecule has 0 bridgehead atoms. The van der Waals surface area contributed by atoms with E-state index in [1.165, 1.54) is 7.11 Å². The van der Waals surface area contributed by atoms with Gasteiger partial charge >= 0.3 is 5.97 Å². The number of carbonyl (C=O) groups is 1. The van der Waals surface area contributed by atoms with Crippen molar-refractivity contribution in [3.05, 3.63) is 33.8 Å². The molecule has 82 valence electrons. The first-order valence-electron chi connectivity index (χ1n) is 4.57. The molecule has 0 amide bonds. The Bertz CT molecular complexity index is 352. The van der Waals surface area contributed by atoms with Crippen LogP contribution in [-0.2, 0) is 22.6 Å². The van der Waals surface area contributed by atoms with Gasteiger partial charge in [-0.3, -0.25) is 4.79 Å². The maximum absolute atomic E-state index is 12.3. The van der Waals surface area contributed by atoms with Crippen molar-refractivity contribution in [2.75, 3.05) is 7.11 Å². The quantitative estimate of drug-likeness (QED) is 0.789. The molecule has 0 radical (unpaired) electrons. The molecule has 2 nitrogen and oxygen atoms in total. The molecular formula is C11H12BrFO2. The third kappa shape index (κ3) is 3.63. The Kier molecular flexibility index (Phi) is 4.75. The summed E-state index contributed by atoms with van der Waals surface area (Å²) < 4.78 is 17.7. The molecule has 4 heteroatoms. The van der Waals surface area contributed by atoms with Crippen LogP contribution in [0.2, 0.25) is 0 Å². The molecule has 0 unspecified atom stereocenters. The lowest BCUT2D eigenvalue weighted by molar-refractivity contribution is -0.140. The van der Waals surface area contributed by atoms with Gasteiger partial charge in [0.25, 0.3) is 0 Å². The Balaban J connectivity index is 2.66. The minimum Gasteiger partial charge on any atom is -0.469 e. The number of hydrogen-bond donors (Lipinski definition) is 0. The van der Waals surface area contributed by atoms with Crippen molar-refractivity contribution in [1.29, 1.82) is 0 Å². The highest BCUT2D eigenvalue weighted by atomic mass is 79.9. The van der Waals surface area contributed by atoms with Gasteiger partial charge in [0.2, 0.25) is 0 Å². The van der Waals surface area contributed by atoms with Crippen LogP contribution in [0, 0.1) is 0 Å². The number of esters is 1. The van der Waals surface area contributed by atoms with Gasteiger partial charge in [0, 0.05) is 10.9 Å². The zero-order valence-corrected chi connectivity index (χ0v) is 10.0. The minimum absolute atomic E-state index is 0.239. The summed E-state index contributed by atoms with van der Waals surface area (Å²) in [7, 11) is 1.36. The monoisotopic (exact) mass is 274 g/mol. The van der Waals surface area contributed by atoms with Crippen LogP contribution in [0.1, 0.15) is 17.5 Å². The molecule has 0 atom stereocenters. The van der Waals surface area contributed by atoms with Crippen LogP contribution in [0.4, 0.5) is 4.39 Å². The number of aryl methyl sites for hydroxylation is 1. The average molecular weight is 275 g/mol. The zero-order chi connectivity index (χ0) is 11.3. The molecule has 1 aromatic carbocycles. The number of carbonyl (C=O) groups excluding carboxylic acids is 1. The third-order valence-electron chi connectivity index (χ3n) is 2.10. The molecule has 15 heavy (non-hydrogen) atoms. The van der Waals surface area contributed by atoms with E-state index >= 15 is 0 Å². The van der Waals surface area contributed by atoms with E-state index in [0.29, 0.717) is 18.4 Å². The van der Waals surface area contributed by atoms with E-state index in [9.17, 15) is 9.18 Å². The molecule has 0 saturated carbocycles. The van der Waals surface area contributed by atoms with E-state index in [0.717, 1.165) is 10.0 Å². The number of benzene rings is 1. The Morgan fingerprint density at radius 1 is 1.53 bits per heavy atom. The van der Waals surface area contributed by atoms with Gasteiger partial charge in [-0.25, -0.2) is 4.39 Å². The molecule has 0 aliphatic carbocycles. The fourth-order valence-electron chi connectivity index (χ4n) is 1.22. The van der Waals surface area contributed by atoms with Crippen LogP contribution >= 0.6 is 15.9 Å². The maximum Gasteiger partial charge on any atom is 0.305 e. The highest BCUT2D eigenvalue weighted by Gasteiger charge is 2.05. The maximum atomic E-state index is 12.3. The van der Waals surface area contributed by atoms with Gasteiger partial charge in [-0.2, -0.15) is 0 Å². The van der Waals surface area contributed by atoms with E-state index in [-0.39, 0.29) is 5.97 Å². The Labute approximate surface area is 96.6 Å². The molecule has 0 aliphatic heterocycles. The molecular weight excluding hydrogens is 263 g/mol. The second-order valence-corrected chi connectivity index (χ2v) is 3.99. The summed E-state index contributed by atoms with van der Waals surface area (Å²) in [4.78, 5) is 10.9. The molecule has 0 aromatic heterocycles. The Morgan fingerprint density at radius 2 is 2.27 bits per heavy atom. The van der Waals surface area contributed by atoms with Crippen LogP contribution in [-0.4, -0.2) is 13.1 Å². The first kappa shape index (κ1) is 12.2. The zero-order valence-electron chi connectivity index (χ0n) is 8.43. The first-order chi connectivity index (χ1) is 7.17. The Hall–Kier alpha value is -0.900. The van der Waals surface area contributed by atoms with Gasteiger partial charge in [0.05, 0.1) is 7.11 Å². The predicted molar refractivity (Wildman–Crippen MR) is 59.3 cm³/mol. The van der Waals surface area contributed by atoms with Crippen LogP contribution in [0.5, 0.6) is 0 Å². The molecule has 0 heterocycles. The number of alkyl halides is 1. The number of halogens is 2. The molecule has 0 saturated heterocycles. The van der Waals surface area contributed by atoms with Crippen LogP contribution in [0.3, 0.4) is 0 Å². The van der Waals surface area contributed by atoms with Crippen molar-refractivity contribution < 1.29 is 13.9 Å². The van der Waals surface area contributed by atoms with E-state index in [4.69, 9.17) is 0 Å². The number of ether oxygens (including phenoxy) is 1. The Morgan fingerprint density at radius 3 is 2.80 bits per heavy atom. The summed E-state index contributed by atoms with van der Waals surface area (Å²) >= 11 is 3.34. The molecule has 1 rings (SSSR count). The second kappa shape index (κ2) is 5.85. The van der Waals surface area contributed by atoms with E-state index in [1.807, 2.05) is 6.07 Å². The van der Waals surface area contributed by atoms with E-state index in [1.54, 1.807) is 12.1 Å². The lowest BCUT2D eigenvalue weighted by Gasteiger charge is -2.05. The van der Waals surface area contributed by atoms with Crippen molar-refractivity contribution in [1.82, 2.24) is 0 Å². The lowest BCUT2D eigenvalue weighted by Crippen LogP contribution is -2.02. The number of methoxy groups -OCH3 is 1. The summed E-state index contributed by atoms with van der Waals surface area (Å²) in [5, 5.41) is 0. The SMILES string of the molecule is COC(=O)CCc1ccc(CF)cc1Br. The highest BCUT2D eigenvalue weighted by Crippen LogP contribution is 2.20. The smallest absolute Gasteiger partial charge is 0.305 e. The normalized spacial score (nSPS) is 10.1. The summed E-state index contributed by atoms with van der Waals surface area (Å²) in [6.45, 7) is -0.476. The summed E-state index contributed by atoms with van der Waals surface area (Å²) in [6.07, 6.45) is 0.934. The number of rotatable bonds is 4. The second-order valence-electron chi connectivity index (χ2n) is 3.14. The average Bonchev–Trinajstić information content (AvgIpc) is 2.26. The predicted octanol–water partition coefficient (Wildman–Crippen LogP) is 3.02. The van der Waals surface area contributed by atoms with Crippen LogP contribution < -0.4 is 0 Å². The third-order valence-corrected chi connectivity index (χ3v) is 2.84. The van der Waals surface area contributed by atoms with Crippen molar-refractivity contribution in [3.63, 3.8) is 0 Å². The van der Waals surface area contributed by atoms with Crippen LogP contribution in [0.25, 0.3) is 0 Å². The van der Waals surface area contributed by atoms with E-state index in [2.05, 4.69) is 20.7 Å². The summed E-state index contributed by atoms with van der Waals surface area (Å²) in [6, 6.07) is 5.27. The number of hydrogen-bond acceptors (Lipinski definition) is 2. The molecule has 0 N–H and O–H groups in total. The first-order valence-corrected chi connectivity index (χ1v) is 5.36. The molecule has 0 spiro atoms. The van der Waals surface area contributed by atoms with Gasteiger partial charge in [-0.1, -0.05) is 28.1 Å². The molecule has 0 aliphatic rings. The largest absolute Gasteiger partial charge is 0.469 e. The van der Waals surface area contributed by atoms with Crippen molar-refractivity contribution >= 4 is 21.9 Å².